The van der Waals surface area contributed by atoms with Crippen LogP contribution in [0.2, 0.25) is 0 Å². The predicted molar refractivity (Wildman–Crippen MR) is 60.3 cm³/mol. The molecule has 2 N–H and O–H groups in total. The number of aliphatic hydroxyl groups is 1. The molecule has 1 unspecified atom stereocenters. The van der Waals surface area contributed by atoms with Gasteiger partial charge in [0, 0.05) is 24.8 Å². The maximum absolute atomic E-state index is 9.13. The molecule has 0 amide bonds. The van der Waals surface area contributed by atoms with Gasteiger partial charge in [0.2, 0.25) is 0 Å². The Kier molecular flexibility index (Phi) is 4.47. The molecule has 1 aromatic rings. The second-order valence-corrected chi connectivity index (χ2v) is 3.93. The highest BCUT2D eigenvalue weighted by Crippen LogP contribution is 2.12. The van der Waals surface area contributed by atoms with E-state index in [2.05, 4.69) is 19.2 Å². The molecule has 2 heteroatoms. The molecule has 78 valence electrons. The van der Waals surface area contributed by atoms with Crippen LogP contribution in [-0.2, 0) is 0 Å². The van der Waals surface area contributed by atoms with Gasteiger partial charge in [-0.05, 0) is 18.1 Å². The van der Waals surface area contributed by atoms with Gasteiger partial charge in [-0.3, -0.25) is 0 Å². The molecule has 0 saturated carbocycles. The minimum atomic E-state index is 0.248. The first-order valence-electron chi connectivity index (χ1n) is 5.13. The molecule has 0 aliphatic carbocycles. The van der Waals surface area contributed by atoms with Gasteiger partial charge in [-0.2, -0.15) is 0 Å². The largest absolute Gasteiger partial charge is 0.396 e. The van der Waals surface area contributed by atoms with Gasteiger partial charge >= 0.3 is 0 Å². The maximum Gasteiger partial charge on any atom is 0.0478 e. The summed E-state index contributed by atoms with van der Waals surface area (Å²) in [4.78, 5) is 0. The van der Waals surface area contributed by atoms with Gasteiger partial charge in [0.25, 0.3) is 0 Å². The fourth-order valence-electron chi connectivity index (χ4n) is 1.32. The quantitative estimate of drug-likeness (QED) is 0.752. The van der Waals surface area contributed by atoms with E-state index in [4.69, 9.17) is 5.11 Å². The summed E-state index contributed by atoms with van der Waals surface area (Å²) in [5.74, 6) is 0.839. The predicted octanol–water partition coefficient (Wildman–Crippen LogP) is 2.36. The standard InChI is InChI=1S/C12H19NO/c1-10(2)11(9-14)8-13-12-6-4-3-5-7-12/h3-7,10-11,13-14H,8-9H2,1-2H3. The molecule has 0 heterocycles. The molecule has 0 saturated heterocycles. The van der Waals surface area contributed by atoms with Crippen molar-refractivity contribution in [1.82, 2.24) is 0 Å². The van der Waals surface area contributed by atoms with E-state index in [0.717, 1.165) is 12.2 Å². The lowest BCUT2D eigenvalue weighted by atomic mass is 9.97. The second-order valence-electron chi connectivity index (χ2n) is 3.93. The monoisotopic (exact) mass is 193 g/mol. The SMILES string of the molecule is CC(C)C(CO)CNc1ccccc1. The first kappa shape index (κ1) is 11.1. The highest BCUT2D eigenvalue weighted by Gasteiger charge is 2.11. The van der Waals surface area contributed by atoms with Crippen LogP contribution in [0.4, 0.5) is 5.69 Å². The van der Waals surface area contributed by atoms with Crippen LogP contribution in [0.15, 0.2) is 30.3 Å². The summed E-state index contributed by atoms with van der Waals surface area (Å²) in [7, 11) is 0. The van der Waals surface area contributed by atoms with E-state index in [0.29, 0.717) is 11.8 Å². The molecule has 0 aliphatic heterocycles. The smallest absolute Gasteiger partial charge is 0.0478 e. The first-order chi connectivity index (χ1) is 6.74. The third-order valence-electron chi connectivity index (χ3n) is 2.52. The summed E-state index contributed by atoms with van der Waals surface area (Å²) in [6.45, 7) is 5.34. The minimum Gasteiger partial charge on any atom is -0.396 e. The summed E-state index contributed by atoms with van der Waals surface area (Å²) in [5, 5.41) is 12.5. The number of benzene rings is 1. The molecule has 0 radical (unpaired) electrons. The third-order valence-corrected chi connectivity index (χ3v) is 2.52. The second kappa shape index (κ2) is 5.66. The van der Waals surface area contributed by atoms with Gasteiger partial charge in [-0.15, -0.1) is 0 Å². The number of anilines is 1. The average molecular weight is 193 g/mol. The van der Waals surface area contributed by atoms with Crippen LogP contribution >= 0.6 is 0 Å². The van der Waals surface area contributed by atoms with Crippen molar-refractivity contribution in [3.8, 4) is 0 Å². The Morgan fingerprint density at radius 2 is 1.86 bits per heavy atom. The lowest BCUT2D eigenvalue weighted by Crippen LogP contribution is -2.22. The first-order valence-corrected chi connectivity index (χ1v) is 5.13. The highest BCUT2D eigenvalue weighted by atomic mass is 16.3. The average Bonchev–Trinajstić information content (AvgIpc) is 2.20. The molecule has 0 fully saturated rings. The fourth-order valence-corrected chi connectivity index (χ4v) is 1.32. The van der Waals surface area contributed by atoms with Crippen LogP contribution < -0.4 is 5.32 Å². The van der Waals surface area contributed by atoms with E-state index in [1.807, 2.05) is 30.3 Å². The van der Waals surface area contributed by atoms with Crippen LogP contribution in [0.1, 0.15) is 13.8 Å². The van der Waals surface area contributed by atoms with Crippen molar-refractivity contribution < 1.29 is 5.11 Å². The number of hydrogen-bond acceptors (Lipinski definition) is 2. The molecule has 14 heavy (non-hydrogen) atoms. The molecule has 0 bridgehead atoms. The Hall–Kier alpha value is -1.02. The van der Waals surface area contributed by atoms with E-state index in [-0.39, 0.29) is 6.61 Å². The molecule has 0 spiro atoms. The number of aliphatic hydroxyl groups excluding tert-OH is 1. The van der Waals surface area contributed by atoms with Crippen LogP contribution in [0.5, 0.6) is 0 Å². The Bertz CT molecular complexity index is 246. The van der Waals surface area contributed by atoms with Gasteiger partial charge in [0.15, 0.2) is 0 Å². The summed E-state index contributed by atoms with van der Waals surface area (Å²) >= 11 is 0. The van der Waals surface area contributed by atoms with Crippen molar-refractivity contribution in [1.29, 1.82) is 0 Å². The molecule has 1 rings (SSSR count). The molecule has 1 atom stereocenters. The zero-order chi connectivity index (χ0) is 10.4. The number of nitrogens with one attached hydrogen (secondary N) is 1. The Balaban J connectivity index is 2.40. The molecular weight excluding hydrogens is 174 g/mol. The summed E-state index contributed by atoms with van der Waals surface area (Å²) < 4.78 is 0. The van der Waals surface area contributed by atoms with Crippen molar-refractivity contribution >= 4 is 5.69 Å². The number of hydrogen-bond donors (Lipinski definition) is 2. The number of rotatable bonds is 5. The van der Waals surface area contributed by atoms with Crippen molar-refractivity contribution in [2.75, 3.05) is 18.5 Å². The zero-order valence-corrected chi connectivity index (χ0v) is 8.90. The molecule has 0 aliphatic rings. The topological polar surface area (TPSA) is 32.3 Å². The van der Waals surface area contributed by atoms with E-state index in [9.17, 15) is 0 Å². The molecule has 0 aromatic heterocycles. The van der Waals surface area contributed by atoms with Gasteiger partial charge in [0.05, 0.1) is 0 Å². The molecule has 1 aromatic carbocycles. The Labute approximate surface area is 86.0 Å². The van der Waals surface area contributed by atoms with E-state index < -0.39 is 0 Å². The molecular formula is C12H19NO. The summed E-state index contributed by atoms with van der Waals surface area (Å²) in [5.41, 5.74) is 1.12. The van der Waals surface area contributed by atoms with E-state index >= 15 is 0 Å². The zero-order valence-electron chi connectivity index (χ0n) is 8.90. The lowest BCUT2D eigenvalue weighted by molar-refractivity contribution is 0.198. The Morgan fingerprint density at radius 3 is 2.36 bits per heavy atom. The van der Waals surface area contributed by atoms with Gasteiger partial charge in [0.1, 0.15) is 0 Å². The summed E-state index contributed by atoms with van der Waals surface area (Å²) in [6, 6.07) is 10.1. The van der Waals surface area contributed by atoms with Gasteiger partial charge in [-0.1, -0.05) is 32.0 Å². The van der Waals surface area contributed by atoms with Crippen LogP contribution in [-0.4, -0.2) is 18.3 Å². The van der Waals surface area contributed by atoms with E-state index in [1.54, 1.807) is 0 Å². The third kappa shape index (κ3) is 3.38. The van der Waals surface area contributed by atoms with Crippen LogP contribution in [0.3, 0.4) is 0 Å². The summed E-state index contributed by atoms with van der Waals surface area (Å²) in [6.07, 6.45) is 0. The van der Waals surface area contributed by atoms with E-state index in [1.165, 1.54) is 0 Å². The van der Waals surface area contributed by atoms with Crippen molar-refractivity contribution in [2.45, 2.75) is 13.8 Å². The molecule has 2 nitrogen and oxygen atoms in total. The normalized spacial score (nSPS) is 12.9. The fraction of sp³-hybridized carbons (Fsp3) is 0.500. The van der Waals surface area contributed by atoms with Gasteiger partial charge < -0.3 is 10.4 Å². The van der Waals surface area contributed by atoms with Crippen LogP contribution in [0.25, 0.3) is 0 Å². The van der Waals surface area contributed by atoms with Crippen molar-refractivity contribution in [3.05, 3.63) is 30.3 Å². The van der Waals surface area contributed by atoms with Gasteiger partial charge in [-0.25, -0.2) is 0 Å². The lowest BCUT2D eigenvalue weighted by Gasteiger charge is -2.19. The Morgan fingerprint density at radius 1 is 1.21 bits per heavy atom. The highest BCUT2D eigenvalue weighted by molar-refractivity contribution is 5.42. The maximum atomic E-state index is 9.13. The number of para-hydroxylation sites is 1. The van der Waals surface area contributed by atoms with Crippen molar-refractivity contribution in [3.63, 3.8) is 0 Å². The van der Waals surface area contributed by atoms with Crippen molar-refractivity contribution in [2.24, 2.45) is 11.8 Å². The van der Waals surface area contributed by atoms with Crippen LogP contribution in [0, 0.1) is 11.8 Å². The minimum absolute atomic E-state index is 0.248.